The van der Waals surface area contributed by atoms with E-state index in [2.05, 4.69) is 5.32 Å². The van der Waals surface area contributed by atoms with Crippen LogP contribution >= 0.6 is 0 Å². The number of unbranched alkanes of at least 4 members (excludes halogenated alkanes) is 2. The smallest absolute Gasteiger partial charge is 0.497 e. The summed E-state index contributed by atoms with van der Waals surface area (Å²) in [7, 11) is -23.0. The number of anilines is 1. The number of rotatable bonds is 25. The van der Waals surface area contributed by atoms with Crippen LogP contribution in [-0.4, -0.2) is 131 Å². The summed E-state index contributed by atoms with van der Waals surface area (Å²) < 4.78 is 177. The Bertz CT molecular complexity index is 4570. The molecule has 2 amide bonds. The number of carbonyl (C=O) groups is 2. The first-order valence-corrected chi connectivity index (χ1v) is 35.4. The third-order valence-electron chi connectivity index (χ3n) is 15.8. The molecule has 0 saturated heterocycles. The number of ether oxygens (including phenoxy) is 1. The first-order chi connectivity index (χ1) is 42.0. The van der Waals surface area contributed by atoms with Crippen molar-refractivity contribution < 1.29 is 141 Å². The summed E-state index contributed by atoms with van der Waals surface area (Å²) in [5.74, 6) is -0.898. The van der Waals surface area contributed by atoms with E-state index in [1.165, 1.54) is 42.9 Å². The Morgan fingerprint density at radius 3 is 1.73 bits per heavy atom. The fourth-order valence-corrected chi connectivity index (χ4v) is 15.9. The molecule has 0 saturated carbocycles. The molecule has 6 aromatic carbocycles. The zero-order valence-corrected chi connectivity index (χ0v) is 58.5. The summed E-state index contributed by atoms with van der Waals surface area (Å²) in [6.07, 6.45) is 9.07. The van der Waals surface area contributed by atoms with E-state index in [9.17, 15) is 75.1 Å². The van der Waals surface area contributed by atoms with Crippen LogP contribution in [0.15, 0.2) is 158 Å². The van der Waals surface area contributed by atoms with Crippen LogP contribution in [0.3, 0.4) is 0 Å². The monoisotopic (exact) mass is 1380 g/mol. The number of nitrogens with zero attached hydrogens (tertiary/aromatic N) is 3. The second kappa shape index (κ2) is 28.1. The molecule has 30 heteroatoms. The molecule has 0 unspecified atom stereocenters. The molecule has 482 valence electrons. The topological polar surface area (TPSA) is 358 Å². The third kappa shape index (κ3) is 15.5. The van der Waals surface area contributed by atoms with Gasteiger partial charge in [0.05, 0.1) is 33.3 Å². The molecule has 0 radical (unpaired) electrons. The van der Waals surface area contributed by atoms with Crippen molar-refractivity contribution in [1.29, 1.82) is 0 Å². The minimum absolute atomic E-state index is 0. The van der Waals surface area contributed by atoms with E-state index in [-0.39, 0.29) is 97.2 Å². The van der Waals surface area contributed by atoms with Gasteiger partial charge in [-0.1, -0.05) is 66.9 Å². The van der Waals surface area contributed by atoms with Gasteiger partial charge in [0, 0.05) is 71.2 Å². The number of amides is 2. The van der Waals surface area contributed by atoms with Crippen LogP contribution in [0.1, 0.15) is 91.7 Å². The summed E-state index contributed by atoms with van der Waals surface area (Å²) in [5, 5.41) is 12.8. The molecule has 2 heterocycles. The van der Waals surface area contributed by atoms with E-state index in [1.54, 1.807) is 86.7 Å². The number of methoxy groups -OCH3 is 1. The van der Waals surface area contributed by atoms with Crippen LogP contribution in [0.4, 0.5) is 11.4 Å². The van der Waals surface area contributed by atoms with Crippen molar-refractivity contribution in [2.75, 3.05) is 31.6 Å². The van der Waals surface area contributed by atoms with Crippen molar-refractivity contribution in [3.63, 3.8) is 0 Å². The molecule has 0 aromatic heterocycles. The maximum Gasteiger partial charge on any atom is 1.00 e. The zero-order chi connectivity index (χ0) is 66.3. The Morgan fingerprint density at radius 1 is 0.659 bits per heavy atom. The predicted octanol–water partition coefficient (Wildman–Crippen LogP) is 5.82. The molecule has 91 heavy (non-hydrogen) atoms. The number of likely N-dealkylation sites (N-methyl/N-ethyl adjacent to an activating group) is 1. The fraction of sp³-hybridized carbons (Fsp3) is 0.328. The minimum atomic E-state index is -5.05. The average Bonchev–Trinajstić information content (AvgIpc) is 1.56. The van der Waals surface area contributed by atoms with Crippen molar-refractivity contribution >= 4 is 101 Å². The van der Waals surface area contributed by atoms with Crippen LogP contribution in [0.2, 0.25) is 0 Å². The van der Waals surface area contributed by atoms with E-state index in [1.807, 2.05) is 50.2 Å². The number of fused-ring (bicyclic) bond motifs is 6. The second-order valence-electron chi connectivity index (χ2n) is 22.8. The van der Waals surface area contributed by atoms with Crippen LogP contribution in [0.25, 0.3) is 32.7 Å². The summed E-state index contributed by atoms with van der Waals surface area (Å²) in [4.78, 5) is 31.0. The van der Waals surface area contributed by atoms with Crippen LogP contribution in [0, 0.1) is 0 Å². The molecule has 8 rings (SSSR count). The Balaban J connectivity index is 0.0000118. The molecule has 24 nitrogen and oxygen atoms in total. The van der Waals surface area contributed by atoms with Gasteiger partial charge in [-0.2, -0.15) is 38.2 Å². The summed E-state index contributed by atoms with van der Waals surface area (Å²) in [6.45, 7) is 12.9. The Hall–Kier alpha value is -5.62. The van der Waals surface area contributed by atoms with Gasteiger partial charge in [0.1, 0.15) is 28.1 Å². The number of hydroxylamine groups is 2. The fourth-order valence-electron chi connectivity index (χ4n) is 11.7. The average molecular weight is 1380 g/mol. The quantitative estimate of drug-likeness (QED) is 0.00675. The number of hydrogen-bond donors (Lipinski definition) is 7. The molecule has 7 N–H and O–H groups in total. The van der Waals surface area contributed by atoms with Gasteiger partial charge in [-0.15, -0.1) is 0 Å². The van der Waals surface area contributed by atoms with E-state index in [4.69, 9.17) is 9.57 Å². The molecule has 1 atom stereocenters. The van der Waals surface area contributed by atoms with Crippen molar-refractivity contribution in [3.05, 3.63) is 144 Å². The summed E-state index contributed by atoms with van der Waals surface area (Å²) in [5.41, 5.74) is 4.55. The number of sulfonamides is 1. The number of allylic oxidation sites excluding steroid dienone is 6. The SMILES string of the molecule is CCN1\C(=C/C=C/C=C/C2=[N+](CCCCCC(=O)NCC[C@H](C(=O)NO)N(OC(C)C)S(=O)(=O)c3ccc(-c4ccc(OC)cc4)cc3)c3ccc4c(S(=O)(=O)O)cc(S(=O)(=O)O)cc4c3C2(C)C)C(C)(C)c2c1ccc1c(S(=O)(=O)O)cc(S(=O)(=O)O)cc21.[K+]. The van der Waals surface area contributed by atoms with Crippen molar-refractivity contribution in [2.45, 2.75) is 128 Å². The van der Waals surface area contributed by atoms with Crippen LogP contribution in [-0.2, 0) is 75.8 Å². The second-order valence-corrected chi connectivity index (χ2v) is 30.2. The molecule has 2 aliphatic rings. The van der Waals surface area contributed by atoms with Crippen LogP contribution < -0.4 is 71.8 Å². The van der Waals surface area contributed by atoms with Gasteiger partial charge >= 0.3 is 51.4 Å². The number of benzene rings is 6. The molecule has 0 fully saturated rings. The molecular formula is C61H70KN5O19S5+2. The number of carbonyl (C=O) groups excluding carboxylic acids is 2. The van der Waals surface area contributed by atoms with Gasteiger partial charge in [-0.25, -0.2) is 13.9 Å². The largest absolute Gasteiger partial charge is 1.00 e. The van der Waals surface area contributed by atoms with Crippen molar-refractivity contribution in [2.24, 2.45) is 0 Å². The predicted molar refractivity (Wildman–Crippen MR) is 336 cm³/mol. The number of nitrogens with one attached hydrogen (secondary N) is 2. The summed E-state index contributed by atoms with van der Waals surface area (Å²) in [6, 6.07) is 21.3. The number of hydrogen-bond acceptors (Lipinski definition) is 16. The van der Waals surface area contributed by atoms with Crippen LogP contribution in [0.5, 0.6) is 5.75 Å². The van der Waals surface area contributed by atoms with Gasteiger partial charge in [0.15, 0.2) is 5.71 Å². The Labute approximate surface area is 572 Å². The Kier molecular flexibility index (Phi) is 22.5. The van der Waals surface area contributed by atoms with E-state index >= 15 is 0 Å². The maximum absolute atomic E-state index is 14.1. The van der Waals surface area contributed by atoms with Gasteiger partial charge in [0.25, 0.3) is 56.4 Å². The van der Waals surface area contributed by atoms with Gasteiger partial charge < -0.3 is 15.0 Å². The molecule has 0 bridgehead atoms. The normalized spacial score (nSPS) is 15.9. The molecule has 6 aromatic rings. The van der Waals surface area contributed by atoms with Gasteiger partial charge in [-0.3, -0.25) is 37.8 Å². The first-order valence-electron chi connectivity index (χ1n) is 28.2. The van der Waals surface area contributed by atoms with Gasteiger partial charge in [0.2, 0.25) is 11.6 Å². The third-order valence-corrected chi connectivity index (χ3v) is 20.9. The van der Waals surface area contributed by atoms with Gasteiger partial charge in [-0.05, 0) is 148 Å². The minimum Gasteiger partial charge on any atom is -0.497 e. The standard InChI is InChI=1S/C61H69N5O19S5.K/c1-9-64-49-29-27-45-47(34-43(87(72,73)74)36-52(45)89(78,79)80)57(49)60(4,5)54(64)16-12-10-13-17-55-61(6,7)58-48-35-44(88(75,76)77)37-53(90(81,82)83)46(48)28-30-50(58)65(55)33-15-11-14-18-56(67)62-32-31-51(59(68)63-69)66(85-38(2)3)86(70,71)42-25-21-40(22-26-42)39-19-23-41(84-8)24-20-39;/h10,12-13,16-17,19-30,34-38,51H,9,11,14-15,18,31-33H2,1-8H3,(H6-,62,63,67,68,69,72,73,74,75,76,77,78,79,80,81,82,83);/q;+1/p+1/t51-;/m1./s1. The first kappa shape index (κ1) is 72.8. The van der Waals surface area contributed by atoms with E-state index in [0.717, 1.165) is 11.6 Å². The Morgan fingerprint density at radius 2 is 1.21 bits per heavy atom. The maximum atomic E-state index is 14.1. The van der Waals surface area contributed by atoms with E-state index in [0.29, 0.717) is 94.2 Å². The molecule has 2 aliphatic heterocycles. The molecule has 0 spiro atoms. The summed E-state index contributed by atoms with van der Waals surface area (Å²) >= 11 is 0. The van der Waals surface area contributed by atoms with Crippen molar-refractivity contribution in [3.8, 4) is 16.9 Å². The van der Waals surface area contributed by atoms with Crippen molar-refractivity contribution in [1.82, 2.24) is 15.3 Å². The molecule has 0 aliphatic carbocycles. The van der Waals surface area contributed by atoms with E-state index < -0.39 is 105 Å². The zero-order valence-electron chi connectivity index (χ0n) is 51.3. The molecular weight excluding hydrogens is 1310 g/mol.